The Labute approximate surface area is 204 Å². The molecule has 6 rings (SSSR count). The Hall–Kier alpha value is -3.53. The SMILES string of the molecule is O=C(CN1CCC(Oc2cc(NC3Cc4ccccc4C3)ncn2)CC1)N1CCc2n[nH]nc2C1. The predicted molar refractivity (Wildman–Crippen MR) is 129 cm³/mol. The largest absolute Gasteiger partial charge is 0.474 e. The van der Waals surface area contributed by atoms with E-state index >= 15 is 0 Å². The van der Waals surface area contributed by atoms with Crippen LogP contribution in [0.5, 0.6) is 5.88 Å². The molecule has 10 nitrogen and oxygen atoms in total. The Morgan fingerprint density at radius 3 is 2.63 bits per heavy atom. The van der Waals surface area contributed by atoms with Gasteiger partial charge in [0.25, 0.3) is 0 Å². The molecule has 4 heterocycles. The summed E-state index contributed by atoms with van der Waals surface area (Å²) in [6.07, 6.45) is 6.16. The van der Waals surface area contributed by atoms with Gasteiger partial charge in [0.15, 0.2) is 0 Å². The number of rotatable bonds is 6. The second-order valence-corrected chi connectivity index (χ2v) is 9.64. The molecule has 3 aromatic rings. The van der Waals surface area contributed by atoms with E-state index < -0.39 is 0 Å². The molecule has 0 spiro atoms. The zero-order chi connectivity index (χ0) is 23.6. The summed E-state index contributed by atoms with van der Waals surface area (Å²) in [5.41, 5.74) is 4.67. The summed E-state index contributed by atoms with van der Waals surface area (Å²) < 4.78 is 6.19. The molecule has 10 heteroatoms. The number of aromatic amines is 1. The van der Waals surface area contributed by atoms with Gasteiger partial charge in [-0.15, -0.1) is 0 Å². The van der Waals surface area contributed by atoms with Gasteiger partial charge in [-0.25, -0.2) is 9.97 Å². The number of benzene rings is 1. The highest BCUT2D eigenvalue weighted by molar-refractivity contribution is 5.78. The summed E-state index contributed by atoms with van der Waals surface area (Å²) in [5, 5.41) is 14.5. The number of nitrogens with zero attached hydrogens (tertiary/aromatic N) is 6. The lowest BCUT2D eigenvalue weighted by Crippen LogP contribution is -2.46. The number of carbonyl (C=O) groups is 1. The number of ether oxygens (including phenoxy) is 1. The fourth-order valence-electron chi connectivity index (χ4n) is 5.32. The third-order valence-corrected chi connectivity index (χ3v) is 7.24. The topological polar surface area (TPSA) is 112 Å². The number of hydrogen-bond donors (Lipinski definition) is 2. The van der Waals surface area contributed by atoms with E-state index in [1.165, 1.54) is 11.1 Å². The summed E-state index contributed by atoms with van der Waals surface area (Å²) in [6, 6.07) is 10.8. The van der Waals surface area contributed by atoms with Gasteiger partial charge in [0.05, 0.1) is 18.8 Å². The van der Waals surface area contributed by atoms with E-state index in [1.807, 2.05) is 11.0 Å². The summed E-state index contributed by atoms with van der Waals surface area (Å²) in [6.45, 7) is 3.34. The molecule has 0 radical (unpaired) electrons. The fraction of sp³-hybridized carbons (Fsp3) is 0.480. The number of fused-ring (bicyclic) bond motifs is 2. The first-order chi connectivity index (χ1) is 17.2. The van der Waals surface area contributed by atoms with Crippen LogP contribution < -0.4 is 10.1 Å². The maximum Gasteiger partial charge on any atom is 0.237 e. The van der Waals surface area contributed by atoms with E-state index in [4.69, 9.17) is 4.74 Å². The maximum absolute atomic E-state index is 12.8. The molecule has 2 aromatic heterocycles. The molecule has 2 N–H and O–H groups in total. The van der Waals surface area contributed by atoms with Gasteiger partial charge in [-0.05, 0) is 36.8 Å². The standard InChI is InChI=1S/C25H30N8O2/c34-25(33-10-7-21-22(14-33)30-31-29-21)15-32-8-5-20(6-9-32)35-24-13-23(26-16-27-24)28-19-11-17-3-1-2-4-18(17)12-19/h1-4,13,16,19-20H,5-12,14-15H2,(H,26,27,28)(H,29,30,31). The molecule has 3 aliphatic rings. The molecular weight excluding hydrogens is 444 g/mol. The van der Waals surface area contributed by atoms with E-state index in [0.717, 1.165) is 62.4 Å². The first kappa shape index (κ1) is 22.0. The van der Waals surface area contributed by atoms with Gasteiger partial charge >= 0.3 is 0 Å². The van der Waals surface area contributed by atoms with Crippen LogP contribution in [0.4, 0.5) is 5.82 Å². The van der Waals surface area contributed by atoms with Crippen molar-refractivity contribution in [2.75, 3.05) is 31.5 Å². The van der Waals surface area contributed by atoms with Crippen LogP contribution in [0, 0.1) is 0 Å². The van der Waals surface area contributed by atoms with Crippen molar-refractivity contribution in [3.63, 3.8) is 0 Å². The molecule has 35 heavy (non-hydrogen) atoms. The van der Waals surface area contributed by atoms with Crippen LogP contribution in [0.3, 0.4) is 0 Å². The van der Waals surface area contributed by atoms with E-state index in [-0.39, 0.29) is 12.0 Å². The Morgan fingerprint density at radius 2 is 1.83 bits per heavy atom. The molecule has 1 aromatic carbocycles. The molecule has 0 saturated carbocycles. The number of hydrogen-bond acceptors (Lipinski definition) is 8. The first-order valence-corrected chi connectivity index (χ1v) is 12.4. The van der Waals surface area contributed by atoms with Crippen molar-refractivity contribution in [3.8, 4) is 5.88 Å². The quantitative estimate of drug-likeness (QED) is 0.554. The highest BCUT2D eigenvalue weighted by Gasteiger charge is 2.27. The molecule has 182 valence electrons. The molecule has 2 aliphatic heterocycles. The molecule has 0 bridgehead atoms. The van der Waals surface area contributed by atoms with E-state index in [0.29, 0.717) is 31.6 Å². The number of H-pyrrole nitrogens is 1. The average molecular weight is 475 g/mol. The van der Waals surface area contributed by atoms with Gasteiger partial charge in [0, 0.05) is 38.2 Å². The minimum Gasteiger partial charge on any atom is -0.474 e. The Morgan fingerprint density at radius 1 is 1.06 bits per heavy atom. The van der Waals surface area contributed by atoms with E-state index in [9.17, 15) is 4.79 Å². The van der Waals surface area contributed by atoms with Gasteiger partial charge in [-0.1, -0.05) is 24.3 Å². The van der Waals surface area contributed by atoms with Crippen molar-refractivity contribution in [3.05, 3.63) is 59.2 Å². The normalized spacial score (nSPS) is 18.8. The van der Waals surface area contributed by atoms with Crippen molar-refractivity contribution in [1.82, 2.24) is 35.2 Å². The lowest BCUT2D eigenvalue weighted by Gasteiger charge is -2.33. The van der Waals surface area contributed by atoms with Crippen molar-refractivity contribution < 1.29 is 9.53 Å². The Bertz CT molecular complexity index is 1160. The molecule has 1 amide bonds. The van der Waals surface area contributed by atoms with Crippen molar-refractivity contribution >= 4 is 11.7 Å². The number of piperidine rings is 1. The molecule has 0 unspecified atom stereocenters. The van der Waals surface area contributed by atoms with Crippen molar-refractivity contribution in [2.45, 2.75) is 50.8 Å². The number of likely N-dealkylation sites (tertiary alicyclic amines) is 1. The van der Waals surface area contributed by atoms with Gasteiger partial charge in [0.1, 0.15) is 23.9 Å². The van der Waals surface area contributed by atoms with Gasteiger partial charge < -0.3 is 15.0 Å². The van der Waals surface area contributed by atoms with E-state index in [2.05, 4.69) is 59.9 Å². The third kappa shape index (κ3) is 4.97. The first-order valence-electron chi connectivity index (χ1n) is 12.4. The lowest BCUT2D eigenvalue weighted by molar-refractivity contribution is -0.133. The summed E-state index contributed by atoms with van der Waals surface area (Å²) in [7, 11) is 0. The Balaban J connectivity index is 0.968. The zero-order valence-corrected chi connectivity index (χ0v) is 19.7. The minimum atomic E-state index is 0.0903. The van der Waals surface area contributed by atoms with Crippen LogP contribution in [0.2, 0.25) is 0 Å². The van der Waals surface area contributed by atoms with Crippen LogP contribution in [-0.2, 0) is 30.6 Å². The van der Waals surface area contributed by atoms with Crippen LogP contribution in [0.15, 0.2) is 36.7 Å². The number of carbonyl (C=O) groups excluding carboxylic acids is 1. The monoisotopic (exact) mass is 474 g/mol. The number of amides is 1. The van der Waals surface area contributed by atoms with E-state index in [1.54, 1.807) is 6.33 Å². The highest BCUT2D eigenvalue weighted by Crippen LogP contribution is 2.25. The number of aromatic nitrogens is 5. The van der Waals surface area contributed by atoms with Gasteiger partial charge in [-0.2, -0.15) is 15.4 Å². The molecular formula is C25H30N8O2. The maximum atomic E-state index is 12.8. The van der Waals surface area contributed by atoms with Gasteiger partial charge in [-0.3, -0.25) is 9.69 Å². The summed E-state index contributed by atoms with van der Waals surface area (Å²) >= 11 is 0. The van der Waals surface area contributed by atoms with Crippen LogP contribution in [0.25, 0.3) is 0 Å². The van der Waals surface area contributed by atoms with Crippen LogP contribution >= 0.6 is 0 Å². The van der Waals surface area contributed by atoms with Gasteiger partial charge in [0.2, 0.25) is 11.8 Å². The molecule has 0 atom stereocenters. The lowest BCUT2D eigenvalue weighted by atomic mass is 10.1. The second kappa shape index (κ2) is 9.61. The smallest absolute Gasteiger partial charge is 0.237 e. The average Bonchev–Trinajstić information content (AvgIpc) is 3.51. The zero-order valence-electron chi connectivity index (χ0n) is 19.7. The summed E-state index contributed by atoms with van der Waals surface area (Å²) in [4.78, 5) is 25.6. The molecule has 1 fully saturated rings. The second-order valence-electron chi connectivity index (χ2n) is 9.64. The number of anilines is 1. The van der Waals surface area contributed by atoms with Crippen molar-refractivity contribution in [1.29, 1.82) is 0 Å². The number of nitrogens with one attached hydrogen (secondary N) is 2. The fourth-order valence-corrected chi connectivity index (χ4v) is 5.32. The molecule has 1 aliphatic carbocycles. The summed E-state index contributed by atoms with van der Waals surface area (Å²) in [5.74, 6) is 1.55. The Kier molecular flexibility index (Phi) is 6.03. The van der Waals surface area contributed by atoms with Crippen LogP contribution in [-0.4, -0.2) is 79.4 Å². The molecule has 1 saturated heterocycles. The predicted octanol–water partition coefficient (Wildman–Crippen LogP) is 1.60. The van der Waals surface area contributed by atoms with Crippen molar-refractivity contribution in [2.24, 2.45) is 0 Å². The minimum absolute atomic E-state index is 0.0903. The van der Waals surface area contributed by atoms with Crippen LogP contribution in [0.1, 0.15) is 35.4 Å². The highest BCUT2D eigenvalue weighted by atomic mass is 16.5. The third-order valence-electron chi connectivity index (χ3n) is 7.24.